The Morgan fingerprint density at radius 3 is 2.07 bits per heavy atom. The molecule has 0 aromatic rings. The van der Waals surface area contributed by atoms with Crippen LogP contribution in [0.4, 0.5) is 4.79 Å². The topological polar surface area (TPSA) is 102 Å². The van der Waals surface area contributed by atoms with Crippen molar-refractivity contribution in [1.29, 1.82) is 0 Å². The molecule has 0 aromatic carbocycles. The van der Waals surface area contributed by atoms with E-state index in [0.29, 0.717) is 24.8 Å². The minimum absolute atomic E-state index is 0.181. The molecule has 27 heavy (non-hydrogen) atoms. The number of carboxylic acids is 1. The molecular weight excluding hydrogens is 350 g/mol. The minimum Gasteiger partial charge on any atom is -0.481 e. The highest BCUT2D eigenvalue weighted by molar-refractivity contribution is 5.72. The predicted octanol–water partition coefficient (Wildman–Crippen LogP) is 4.35. The quantitative estimate of drug-likeness (QED) is 0.261. The van der Waals surface area contributed by atoms with Gasteiger partial charge in [0.25, 0.3) is 0 Å². The standard InChI is InChI=1S/C20H37NO6/c1-14(2)8-6-9-17(11-12-18(22)23)10-7-13-21-20(25)27-16(5)26-19(24)15(3)4/h14-17H,6-13H2,1-5H3,(H,21,25)(H,22,23)/t16-,17-/m0/s1. The van der Waals surface area contributed by atoms with Gasteiger partial charge < -0.3 is 19.9 Å². The summed E-state index contributed by atoms with van der Waals surface area (Å²) in [5.41, 5.74) is 0. The molecule has 2 N–H and O–H groups in total. The van der Waals surface area contributed by atoms with E-state index in [1.165, 1.54) is 6.92 Å². The van der Waals surface area contributed by atoms with Crippen molar-refractivity contribution in [3.8, 4) is 0 Å². The van der Waals surface area contributed by atoms with Crippen LogP contribution in [0.1, 0.15) is 79.6 Å². The molecule has 1 amide bonds. The Kier molecular flexibility index (Phi) is 13.3. The fourth-order valence-corrected chi connectivity index (χ4v) is 2.67. The second kappa shape index (κ2) is 14.3. The van der Waals surface area contributed by atoms with E-state index in [4.69, 9.17) is 14.6 Å². The van der Waals surface area contributed by atoms with Crippen LogP contribution in [0.2, 0.25) is 0 Å². The molecule has 0 unspecified atom stereocenters. The van der Waals surface area contributed by atoms with Crippen molar-refractivity contribution >= 4 is 18.0 Å². The maximum Gasteiger partial charge on any atom is 0.410 e. The number of carbonyl (C=O) groups excluding carboxylic acids is 2. The van der Waals surface area contributed by atoms with Crippen molar-refractivity contribution in [2.24, 2.45) is 17.8 Å². The number of hydrogen-bond donors (Lipinski definition) is 2. The van der Waals surface area contributed by atoms with Gasteiger partial charge in [0.05, 0.1) is 5.92 Å². The normalized spacial score (nSPS) is 13.3. The summed E-state index contributed by atoms with van der Waals surface area (Å²) >= 11 is 0. The molecule has 0 heterocycles. The first-order chi connectivity index (χ1) is 12.6. The van der Waals surface area contributed by atoms with E-state index >= 15 is 0 Å². The van der Waals surface area contributed by atoms with Crippen molar-refractivity contribution in [3.05, 3.63) is 0 Å². The van der Waals surface area contributed by atoms with Crippen LogP contribution in [0.3, 0.4) is 0 Å². The van der Waals surface area contributed by atoms with Gasteiger partial charge in [-0.3, -0.25) is 9.59 Å². The number of carbonyl (C=O) groups is 3. The van der Waals surface area contributed by atoms with Crippen LogP contribution < -0.4 is 5.32 Å². The maximum atomic E-state index is 11.7. The average Bonchev–Trinajstić information content (AvgIpc) is 2.54. The van der Waals surface area contributed by atoms with E-state index in [-0.39, 0.29) is 12.3 Å². The molecule has 0 radical (unpaired) electrons. The van der Waals surface area contributed by atoms with Gasteiger partial charge in [0, 0.05) is 19.9 Å². The third-order valence-corrected chi connectivity index (χ3v) is 4.25. The molecular formula is C20H37NO6. The van der Waals surface area contributed by atoms with E-state index in [2.05, 4.69) is 19.2 Å². The van der Waals surface area contributed by atoms with Gasteiger partial charge in [-0.25, -0.2) is 4.79 Å². The number of amides is 1. The van der Waals surface area contributed by atoms with Crippen molar-refractivity contribution in [1.82, 2.24) is 5.32 Å². The van der Waals surface area contributed by atoms with Crippen LogP contribution in [-0.2, 0) is 19.1 Å². The average molecular weight is 388 g/mol. The van der Waals surface area contributed by atoms with Gasteiger partial charge in [0.15, 0.2) is 0 Å². The van der Waals surface area contributed by atoms with Crippen molar-refractivity contribution in [3.63, 3.8) is 0 Å². The second-order valence-corrected chi connectivity index (χ2v) is 7.76. The summed E-state index contributed by atoms with van der Waals surface area (Å²) in [5, 5.41) is 11.5. The first-order valence-electron chi connectivity index (χ1n) is 9.98. The van der Waals surface area contributed by atoms with Crippen molar-refractivity contribution in [2.45, 2.75) is 85.9 Å². The van der Waals surface area contributed by atoms with Gasteiger partial charge >= 0.3 is 18.0 Å². The molecule has 7 heteroatoms. The Morgan fingerprint density at radius 1 is 0.889 bits per heavy atom. The van der Waals surface area contributed by atoms with E-state index < -0.39 is 24.3 Å². The number of alkyl carbamates (subject to hydrolysis) is 1. The van der Waals surface area contributed by atoms with Crippen molar-refractivity contribution in [2.75, 3.05) is 6.54 Å². The Bertz CT molecular complexity index is 450. The third kappa shape index (κ3) is 15.0. The molecule has 158 valence electrons. The fourth-order valence-electron chi connectivity index (χ4n) is 2.67. The summed E-state index contributed by atoms with van der Waals surface area (Å²) in [5.74, 6) is -0.469. The molecule has 0 saturated carbocycles. The number of esters is 1. The van der Waals surface area contributed by atoms with Crippen molar-refractivity contribution < 1.29 is 29.0 Å². The lowest BCUT2D eigenvalue weighted by atomic mass is 9.90. The smallest absolute Gasteiger partial charge is 0.410 e. The van der Waals surface area contributed by atoms with Crippen LogP contribution in [0, 0.1) is 17.8 Å². The lowest BCUT2D eigenvalue weighted by molar-refractivity contribution is -0.168. The highest BCUT2D eigenvalue weighted by atomic mass is 16.7. The number of ether oxygens (including phenoxy) is 2. The van der Waals surface area contributed by atoms with Crippen LogP contribution in [0.15, 0.2) is 0 Å². The van der Waals surface area contributed by atoms with Gasteiger partial charge in [-0.05, 0) is 31.1 Å². The largest absolute Gasteiger partial charge is 0.481 e. The second-order valence-electron chi connectivity index (χ2n) is 7.76. The summed E-state index contributed by atoms with van der Waals surface area (Å²) in [7, 11) is 0. The minimum atomic E-state index is -0.931. The Labute approximate surface area is 163 Å². The lowest BCUT2D eigenvalue weighted by Gasteiger charge is -2.18. The van der Waals surface area contributed by atoms with Crippen LogP contribution in [0.5, 0.6) is 0 Å². The lowest BCUT2D eigenvalue weighted by Crippen LogP contribution is -2.31. The molecule has 0 aliphatic heterocycles. The van der Waals surface area contributed by atoms with E-state index in [1.54, 1.807) is 13.8 Å². The summed E-state index contributed by atoms with van der Waals surface area (Å²) in [4.78, 5) is 34.0. The highest BCUT2D eigenvalue weighted by Gasteiger charge is 2.16. The number of carboxylic acid groups (broad SMARTS) is 1. The van der Waals surface area contributed by atoms with Gasteiger partial charge in [0.1, 0.15) is 0 Å². The van der Waals surface area contributed by atoms with Gasteiger partial charge in [-0.1, -0.05) is 47.0 Å². The predicted molar refractivity (Wildman–Crippen MR) is 103 cm³/mol. The molecule has 0 aromatic heterocycles. The molecule has 2 atom stereocenters. The Morgan fingerprint density at radius 2 is 1.52 bits per heavy atom. The molecule has 7 nitrogen and oxygen atoms in total. The van der Waals surface area contributed by atoms with Crippen LogP contribution in [-0.4, -0.2) is 36.0 Å². The number of hydrogen-bond acceptors (Lipinski definition) is 5. The fraction of sp³-hybridized carbons (Fsp3) is 0.850. The van der Waals surface area contributed by atoms with Gasteiger partial charge in [-0.2, -0.15) is 0 Å². The molecule has 0 aliphatic carbocycles. The molecule has 0 saturated heterocycles. The molecule has 0 fully saturated rings. The zero-order valence-electron chi connectivity index (χ0n) is 17.5. The zero-order valence-corrected chi connectivity index (χ0v) is 17.5. The summed E-state index contributed by atoms with van der Waals surface area (Å²) in [6.45, 7) is 9.71. The Hall–Kier alpha value is -1.79. The molecule has 0 rings (SSSR count). The zero-order chi connectivity index (χ0) is 20.8. The first-order valence-corrected chi connectivity index (χ1v) is 9.98. The van der Waals surface area contributed by atoms with Gasteiger partial charge in [-0.15, -0.1) is 0 Å². The SMILES string of the molecule is CC(C)CCC[C@@H](CCCNC(=O)O[C@@H](C)OC(=O)C(C)C)CCC(=O)O. The van der Waals surface area contributed by atoms with E-state index in [0.717, 1.165) is 32.1 Å². The summed E-state index contributed by atoms with van der Waals surface area (Å²) in [6, 6.07) is 0. The van der Waals surface area contributed by atoms with Crippen LogP contribution in [0.25, 0.3) is 0 Å². The molecule has 0 aliphatic rings. The first kappa shape index (κ1) is 25.2. The van der Waals surface area contributed by atoms with E-state index in [1.807, 2.05) is 0 Å². The molecule has 0 bridgehead atoms. The highest BCUT2D eigenvalue weighted by Crippen LogP contribution is 2.21. The number of aliphatic carboxylic acids is 1. The Balaban J connectivity index is 4.09. The van der Waals surface area contributed by atoms with Gasteiger partial charge in [0.2, 0.25) is 6.29 Å². The van der Waals surface area contributed by atoms with Crippen LogP contribution >= 0.6 is 0 Å². The molecule has 0 spiro atoms. The third-order valence-electron chi connectivity index (χ3n) is 4.25. The number of nitrogens with one attached hydrogen (secondary N) is 1. The van der Waals surface area contributed by atoms with E-state index in [9.17, 15) is 14.4 Å². The number of rotatable bonds is 14. The monoisotopic (exact) mass is 387 g/mol. The maximum absolute atomic E-state index is 11.7. The summed E-state index contributed by atoms with van der Waals surface area (Å²) in [6.07, 6.45) is 4.15. The summed E-state index contributed by atoms with van der Waals surface area (Å²) < 4.78 is 9.94.